The molecule has 2 heterocycles. The largest absolute Gasteiger partial charge is 0.433 e. The van der Waals surface area contributed by atoms with E-state index in [1.165, 1.54) is 30.8 Å². The molecule has 1 amide bonds. The summed E-state index contributed by atoms with van der Waals surface area (Å²) in [5, 5.41) is 2.96. The van der Waals surface area contributed by atoms with Gasteiger partial charge in [-0.05, 0) is 37.5 Å². The van der Waals surface area contributed by atoms with Gasteiger partial charge in [0.05, 0.1) is 11.7 Å². The van der Waals surface area contributed by atoms with E-state index in [9.17, 15) is 22.4 Å². The number of alkyl halides is 2. The maximum atomic E-state index is 14.8. The van der Waals surface area contributed by atoms with Crippen molar-refractivity contribution < 1.29 is 27.1 Å². The zero-order chi connectivity index (χ0) is 23.4. The van der Waals surface area contributed by atoms with Gasteiger partial charge in [0, 0.05) is 28.5 Å². The molecule has 1 saturated carbocycles. The Kier molecular flexibility index (Phi) is 5.56. The molecule has 1 aliphatic carbocycles. The van der Waals surface area contributed by atoms with Crippen molar-refractivity contribution in [1.29, 1.82) is 0 Å². The molecule has 1 aromatic heterocycles. The average molecular weight is 468 g/mol. The second-order valence-electron chi connectivity index (χ2n) is 8.05. The van der Waals surface area contributed by atoms with Crippen molar-refractivity contribution in [2.24, 2.45) is 22.6 Å². The van der Waals surface area contributed by atoms with Crippen LogP contribution in [0.25, 0.3) is 0 Å². The number of halogens is 4. The summed E-state index contributed by atoms with van der Waals surface area (Å²) in [5.74, 6) is -2.90. The van der Waals surface area contributed by atoms with Crippen LogP contribution in [-0.2, 0) is 5.54 Å². The Morgan fingerprint density at radius 3 is 2.69 bits per heavy atom. The minimum absolute atomic E-state index is 0.000706. The van der Waals surface area contributed by atoms with E-state index in [4.69, 9.17) is 5.73 Å². The first-order valence-electron chi connectivity index (χ1n) is 9.75. The van der Waals surface area contributed by atoms with E-state index in [1.807, 2.05) is 6.92 Å². The fourth-order valence-corrected chi connectivity index (χ4v) is 5.80. The number of nitrogens with one attached hydrogen (secondary N) is 1. The summed E-state index contributed by atoms with van der Waals surface area (Å²) in [6.45, 7) is 2.17. The molecule has 32 heavy (non-hydrogen) atoms. The van der Waals surface area contributed by atoms with Gasteiger partial charge in [0.25, 0.3) is 5.91 Å². The summed E-state index contributed by atoms with van der Waals surface area (Å²) in [6, 6.07) is 3.44. The van der Waals surface area contributed by atoms with Crippen LogP contribution < -0.4 is 15.8 Å². The van der Waals surface area contributed by atoms with Gasteiger partial charge in [0.1, 0.15) is 11.4 Å². The van der Waals surface area contributed by atoms with Crippen molar-refractivity contribution in [2.45, 2.75) is 38.2 Å². The number of ether oxygens (including phenoxy) is 1. The normalized spacial score (nSPS) is 26.4. The molecule has 3 N–H and O–H groups in total. The zero-order valence-electron chi connectivity index (χ0n) is 17.3. The first-order chi connectivity index (χ1) is 15.0. The number of aryl methyl sites for hydroxylation is 1. The molecule has 4 rings (SSSR count). The monoisotopic (exact) mass is 468 g/mol. The number of hydrogen-bond donors (Lipinski definition) is 2. The maximum absolute atomic E-state index is 14.8. The van der Waals surface area contributed by atoms with Gasteiger partial charge < -0.3 is 15.8 Å². The van der Waals surface area contributed by atoms with Crippen LogP contribution >= 0.6 is 11.8 Å². The molecule has 3 unspecified atom stereocenters. The fourth-order valence-electron chi connectivity index (χ4n) is 4.32. The van der Waals surface area contributed by atoms with Crippen LogP contribution in [0.2, 0.25) is 0 Å². The number of hydrogen-bond acceptors (Lipinski definition) is 6. The minimum atomic E-state index is -3.03. The second kappa shape index (κ2) is 7.95. The van der Waals surface area contributed by atoms with Crippen LogP contribution in [0.5, 0.6) is 5.75 Å². The molecule has 6 nitrogen and oxygen atoms in total. The molecule has 0 saturated heterocycles. The molecule has 0 spiro atoms. The summed E-state index contributed by atoms with van der Waals surface area (Å²) >= 11 is 1.43. The number of pyridine rings is 1. The van der Waals surface area contributed by atoms with E-state index in [0.717, 1.165) is 12.3 Å². The third kappa shape index (κ3) is 3.89. The number of fused-ring (bicyclic) bond motifs is 1. The predicted octanol–water partition coefficient (Wildman–Crippen LogP) is 4.43. The molecular formula is C21H20F4N4O2S. The Morgan fingerprint density at radius 2 is 2.03 bits per heavy atom. The standard InChI is InChI=1S/C21H20F4N4O2S/c1-8-4-11(31-19(24)25)7-27-16(8)18(30)28-10-5-12(15(23)13(22)6-10)21(3)14-9(2)17(14)32-20(26)29-21/h4-7,9,14,17,19H,1-3H3,(H2,26,29)(H,28,30)/t9?,14?,17?,21-/m1/s1. The number of aromatic nitrogens is 1. The van der Waals surface area contributed by atoms with Gasteiger partial charge in [0.2, 0.25) is 0 Å². The molecule has 0 bridgehead atoms. The van der Waals surface area contributed by atoms with E-state index in [1.54, 1.807) is 6.92 Å². The molecule has 1 aliphatic heterocycles. The molecule has 0 radical (unpaired) electrons. The van der Waals surface area contributed by atoms with Gasteiger partial charge >= 0.3 is 6.61 Å². The molecule has 1 aromatic carbocycles. The molecule has 4 atom stereocenters. The summed E-state index contributed by atoms with van der Waals surface area (Å²) in [5.41, 5.74) is 5.06. The number of anilines is 1. The van der Waals surface area contributed by atoms with Crippen molar-refractivity contribution >= 4 is 28.5 Å². The van der Waals surface area contributed by atoms with Crippen LogP contribution in [0.3, 0.4) is 0 Å². The van der Waals surface area contributed by atoms with Gasteiger partial charge in [0.15, 0.2) is 16.8 Å². The molecule has 2 aromatic rings. The highest BCUT2D eigenvalue weighted by Crippen LogP contribution is 2.61. The summed E-state index contributed by atoms with van der Waals surface area (Å²) in [4.78, 5) is 21.0. The average Bonchev–Trinajstić information content (AvgIpc) is 3.34. The second-order valence-corrected chi connectivity index (χ2v) is 9.25. The number of benzene rings is 1. The number of rotatable bonds is 5. The number of aliphatic imine (C=N–C) groups is 1. The number of amides is 1. The van der Waals surface area contributed by atoms with Crippen LogP contribution in [-0.4, -0.2) is 27.9 Å². The Hall–Kier alpha value is -2.82. The molecule has 1 fully saturated rings. The van der Waals surface area contributed by atoms with Crippen molar-refractivity contribution in [1.82, 2.24) is 4.98 Å². The van der Waals surface area contributed by atoms with Crippen LogP contribution in [0.15, 0.2) is 29.4 Å². The lowest BCUT2D eigenvalue weighted by Gasteiger charge is -2.30. The molecular weight excluding hydrogens is 448 g/mol. The van der Waals surface area contributed by atoms with E-state index in [0.29, 0.717) is 5.17 Å². The van der Waals surface area contributed by atoms with Gasteiger partial charge in [-0.25, -0.2) is 13.8 Å². The number of amidine groups is 1. The SMILES string of the molecule is Cc1cc(OC(F)F)cnc1C(=O)Nc1cc(F)c(F)c([C@@]2(C)N=C(N)SC3C(C)C32)c1. The number of thioether (sulfide) groups is 1. The maximum Gasteiger partial charge on any atom is 0.387 e. The molecule has 2 aliphatic rings. The van der Waals surface area contributed by atoms with Crippen molar-refractivity contribution in [3.05, 3.63) is 52.9 Å². The molecule has 170 valence electrons. The number of nitrogens with zero attached hydrogens (tertiary/aromatic N) is 2. The topological polar surface area (TPSA) is 89.6 Å². The Labute approximate surface area is 185 Å². The van der Waals surface area contributed by atoms with Crippen LogP contribution in [0.4, 0.5) is 23.2 Å². The highest BCUT2D eigenvalue weighted by atomic mass is 32.2. The van der Waals surface area contributed by atoms with Crippen molar-refractivity contribution in [3.63, 3.8) is 0 Å². The van der Waals surface area contributed by atoms with E-state index in [-0.39, 0.29) is 45.3 Å². The first-order valence-corrected chi connectivity index (χ1v) is 10.6. The zero-order valence-corrected chi connectivity index (χ0v) is 18.1. The highest BCUT2D eigenvalue weighted by molar-refractivity contribution is 8.14. The fraction of sp³-hybridized carbons (Fsp3) is 0.381. The third-order valence-electron chi connectivity index (χ3n) is 5.87. The lowest BCUT2D eigenvalue weighted by atomic mass is 9.85. The quantitative estimate of drug-likeness (QED) is 0.634. The Morgan fingerprint density at radius 1 is 1.31 bits per heavy atom. The van der Waals surface area contributed by atoms with Gasteiger partial charge in [-0.1, -0.05) is 18.7 Å². The van der Waals surface area contributed by atoms with Gasteiger partial charge in [-0.3, -0.25) is 9.79 Å². The predicted molar refractivity (Wildman–Crippen MR) is 113 cm³/mol. The Bertz CT molecular complexity index is 1130. The van der Waals surface area contributed by atoms with Crippen molar-refractivity contribution in [2.75, 3.05) is 5.32 Å². The summed E-state index contributed by atoms with van der Waals surface area (Å²) < 4.78 is 58.3. The Balaban J connectivity index is 1.64. The highest BCUT2D eigenvalue weighted by Gasteiger charge is 2.61. The summed E-state index contributed by atoms with van der Waals surface area (Å²) in [7, 11) is 0. The lowest BCUT2D eigenvalue weighted by Crippen LogP contribution is -2.32. The van der Waals surface area contributed by atoms with Crippen molar-refractivity contribution in [3.8, 4) is 5.75 Å². The van der Waals surface area contributed by atoms with Crippen LogP contribution in [0, 0.1) is 30.4 Å². The van der Waals surface area contributed by atoms with E-state index in [2.05, 4.69) is 20.0 Å². The van der Waals surface area contributed by atoms with E-state index < -0.39 is 29.7 Å². The minimum Gasteiger partial charge on any atom is -0.433 e. The van der Waals surface area contributed by atoms with Gasteiger partial charge in [-0.2, -0.15) is 8.78 Å². The first kappa shape index (κ1) is 22.4. The lowest BCUT2D eigenvalue weighted by molar-refractivity contribution is -0.0501. The summed E-state index contributed by atoms with van der Waals surface area (Å²) in [6.07, 6.45) is 0.984. The van der Waals surface area contributed by atoms with E-state index >= 15 is 0 Å². The number of nitrogens with two attached hydrogens (primary N) is 1. The van der Waals surface area contributed by atoms with Crippen LogP contribution in [0.1, 0.15) is 35.5 Å². The third-order valence-corrected chi connectivity index (χ3v) is 7.20. The molecule has 11 heteroatoms. The smallest absolute Gasteiger partial charge is 0.387 e. The number of carbonyl (C=O) groups is 1. The number of carbonyl (C=O) groups excluding carboxylic acids is 1. The van der Waals surface area contributed by atoms with Gasteiger partial charge in [-0.15, -0.1) is 0 Å².